The smallest absolute Gasteiger partial charge is 0.0889 e. The Balaban J connectivity index is 1.60. The van der Waals surface area contributed by atoms with Crippen LogP contribution in [0.4, 0.5) is 0 Å². The van der Waals surface area contributed by atoms with E-state index < -0.39 is 0 Å². The van der Waals surface area contributed by atoms with Gasteiger partial charge in [0.2, 0.25) is 0 Å². The lowest BCUT2D eigenvalue weighted by Crippen LogP contribution is -1.89. The van der Waals surface area contributed by atoms with Crippen LogP contribution < -0.4 is 0 Å². The number of hydrogen-bond donors (Lipinski definition) is 0. The Labute approximate surface area is 147 Å². The van der Waals surface area contributed by atoms with Gasteiger partial charge in [0.05, 0.1) is 11.4 Å². The predicted octanol–water partition coefficient (Wildman–Crippen LogP) is 5.79. The number of nitrogens with zero attached hydrogens (tertiary/aromatic N) is 2. The molecular formula is C23H18N2. The third kappa shape index (κ3) is 3.33. The Morgan fingerprint density at radius 2 is 1.16 bits per heavy atom. The lowest BCUT2D eigenvalue weighted by molar-refractivity contribution is 1.18. The van der Waals surface area contributed by atoms with E-state index in [1.165, 1.54) is 11.1 Å². The quantitative estimate of drug-likeness (QED) is 0.477. The van der Waals surface area contributed by atoms with Gasteiger partial charge in [-0.1, -0.05) is 66.7 Å². The van der Waals surface area contributed by atoms with E-state index in [9.17, 15) is 0 Å². The first-order chi connectivity index (χ1) is 12.3. The summed E-state index contributed by atoms with van der Waals surface area (Å²) in [4.78, 5) is 9.11. The highest BCUT2D eigenvalue weighted by molar-refractivity contribution is 5.71. The van der Waals surface area contributed by atoms with E-state index in [2.05, 4.69) is 64.6 Å². The molecule has 2 aromatic carbocycles. The van der Waals surface area contributed by atoms with E-state index in [-0.39, 0.29) is 0 Å². The van der Waals surface area contributed by atoms with E-state index in [1.807, 2.05) is 43.5 Å². The molecule has 25 heavy (non-hydrogen) atoms. The van der Waals surface area contributed by atoms with Gasteiger partial charge in [-0.3, -0.25) is 9.97 Å². The van der Waals surface area contributed by atoms with Crippen molar-refractivity contribution in [1.29, 1.82) is 0 Å². The fraction of sp³-hybridized carbons (Fsp3) is 0.0435. The molecule has 2 heteroatoms. The Morgan fingerprint density at radius 1 is 0.520 bits per heavy atom. The van der Waals surface area contributed by atoms with Crippen molar-refractivity contribution in [3.63, 3.8) is 0 Å². The molecule has 0 saturated carbocycles. The fourth-order valence-corrected chi connectivity index (χ4v) is 2.89. The maximum absolute atomic E-state index is 4.58. The van der Waals surface area contributed by atoms with Crippen LogP contribution in [0, 0.1) is 6.92 Å². The van der Waals surface area contributed by atoms with Crippen LogP contribution in [0.1, 0.15) is 5.69 Å². The molecule has 120 valence electrons. The van der Waals surface area contributed by atoms with E-state index in [1.54, 1.807) is 0 Å². The minimum Gasteiger partial charge on any atom is -0.254 e. The second-order valence-electron chi connectivity index (χ2n) is 6.04. The van der Waals surface area contributed by atoms with Gasteiger partial charge < -0.3 is 0 Å². The van der Waals surface area contributed by atoms with Crippen molar-refractivity contribution >= 4 is 0 Å². The molecule has 0 atom stereocenters. The molecule has 4 rings (SSSR count). The first-order valence-electron chi connectivity index (χ1n) is 8.35. The van der Waals surface area contributed by atoms with Gasteiger partial charge in [0.1, 0.15) is 0 Å². The molecule has 2 nitrogen and oxygen atoms in total. The van der Waals surface area contributed by atoms with Crippen LogP contribution in [-0.2, 0) is 0 Å². The average molecular weight is 322 g/mol. The third-order valence-electron chi connectivity index (χ3n) is 4.24. The van der Waals surface area contributed by atoms with Crippen LogP contribution in [0.2, 0.25) is 0 Å². The van der Waals surface area contributed by atoms with Crippen LogP contribution in [0.5, 0.6) is 0 Å². The summed E-state index contributed by atoms with van der Waals surface area (Å²) >= 11 is 0. The number of pyridine rings is 2. The molecule has 2 heterocycles. The topological polar surface area (TPSA) is 25.8 Å². The molecule has 4 aromatic rings. The van der Waals surface area contributed by atoms with Gasteiger partial charge in [0.15, 0.2) is 0 Å². The zero-order chi connectivity index (χ0) is 17.1. The Kier molecular flexibility index (Phi) is 4.09. The second kappa shape index (κ2) is 6.70. The Bertz CT molecular complexity index is 972. The lowest BCUT2D eigenvalue weighted by atomic mass is 10.0. The van der Waals surface area contributed by atoms with E-state index >= 15 is 0 Å². The minimum atomic E-state index is 0.897. The van der Waals surface area contributed by atoms with Gasteiger partial charge in [-0.15, -0.1) is 0 Å². The molecule has 0 saturated heterocycles. The molecule has 0 unspecified atom stereocenters. The van der Waals surface area contributed by atoms with Crippen LogP contribution >= 0.6 is 0 Å². The first-order valence-corrected chi connectivity index (χ1v) is 8.35. The molecule has 0 radical (unpaired) electrons. The lowest BCUT2D eigenvalue weighted by Gasteiger charge is -2.06. The summed E-state index contributed by atoms with van der Waals surface area (Å²) in [6.07, 6.45) is 1.91. The van der Waals surface area contributed by atoms with Gasteiger partial charge in [-0.25, -0.2) is 0 Å². The largest absolute Gasteiger partial charge is 0.254 e. The van der Waals surface area contributed by atoms with Gasteiger partial charge in [0, 0.05) is 17.5 Å². The molecule has 0 aliphatic rings. The van der Waals surface area contributed by atoms with E-state index in [0.717, 1.165) is 28.2 Å². The summed E-state index contributed by atoms with van der Waals surface area (Å²) in [5.41, 5.74) is 7.53. The molecule has 0 aliphatic carbocycles. The van der Waals surface area contributed by atoms with Gasteiger partial charge >= 0.3 is 0 Å². The highest BCUT2D eigenvalue weighted by Crippen LogP contribution is 2.25. The fourth-order valence-electron chi connectivity index (χ4n) is 2.89. The highest BCUT2D eigenvalue weighted by atomic mass is 14.8. The van der Waals surface area contributed by atoms with Crippen molar-refractivity contribution < 1.29 is 0 Å². The molecule has 0 aliphatic heterocycles. The molecule has 2 aromatic heterocycles. The van der Waals surface area contributed by atoms with Gasteiger partial charge in [-0.2, -0.15) is 0 Å². The SMILES string of the molecule is Cc1cccc(-c2ccc(-c3ccc(-c4ccccc4)cc3)cn2)n1. The summed E-state index contributed by atoms with van der Waals surface area (Å²) in [6, 6.07) is 29.1. The number of aromatic nitrogens is 2. The number of aryl methyl sites for hydroxylation is 1. The van der Waals surface area contributed by atoms with Crippen LogP contribution in [0.3, 0.4) is 0 Å². The average Bonchev–Trinajstić information content (AvgIpc) is 2.69. The summed E-state index contributed by atoms with van der Waals surface area (Å²) in [5.74, 6) is 0. The first kappa shape index (κ1) is 15.3. The van der Waals surface area contributed by atoms with E-state index in [0.29, 0.717) is 0 Å². The maximum Gasteiger partial charge on any atom is 0.0889 e. The third-order valence-corrected chi connectivity index (χ3v) is 4.24. The summed E-state index contributed by atoms with van der Waals surface area (Å²) in [6.45, 7) is 1.99. The molecule has 0 N–H and O–H groups in total. The highest BCUT2D eigenvalue weighted by Gasteiger charge is 2.04. The second-order valence-corrected chi connectivity index (χ2v) is 6.04. The number of rotatable bonds is 3. The molecule has 0 fully saturated rings. The number of hydrogen-bond acceptors (Lipinski definition) is 2. The normalized spacial score (nSPS) is 10.6. The van der Waals surface area contributed by atoms with Crippen molar-refractivity contribution in [2.75, 3.05) is 0 Å². The van der Waals surface area contributed by atoms with Crippen molar-refractivity contribution in [1.82, 2.24) is 9.97 Å². The maximum atomic E-state index is 4.58. The molecule has 0 bridgehead atoms. The summed E-state index contributed by atoms with van der Waals surface area (Å²) in [7, 11) is 0. The van der Waals surface area contributed by atoms with Crippen molar-refractivity contribution in [2.24, 2.45) is 0 Å². The van der Waals surface area contributed by atoms with Crippen LogP contribution in [0.15, 0.2) is 91.1 Å². The Morgan fingerprint density at radius 3 is 1.80 bits per heavy atom. The standard InChI is InChI=1S/C23H18N2/c1-17-6-5-9-23(25-17)22-15-14-21(16-24-22)20-12-10-19(11-13-20)18-7-3-2-4-8-18/h2-16H,1H3. The van der Waals surface area contributed by atoms with Crippen LogP contribution in [0.25, 0.3) is 33.6 Å². The zero-order valence-corrected chi connectivity index (χ0v) is 14.1. The molecule has 0 spiro atoms. The van der Waals surface area contributed by atoms with Crippen molar-refractivity contribution in [3.05, 3.63) is 96.8 Å². The number of benzene rings is 2. The Hall–Kier alpha value is -3.26. The summed E-state index contributed by atoms with van der Waals surface area (Å²) < 4.78 is 0. The zero-order valence-electron chi connectivity index (χ0n) is 14.1. The van der Waals surface area contributed by atoms with Crippen molar-refractivity contribution in [3.8, 4) is 33.6 Å². The molecule has 0 amide bonds. The monoisotopic (exact) mass is 322 g/mol. The minimum absolute atomic E-state index is 0.897. The molecular weight excluding hydrogens is 304 g/mol. The van der Waals surface area contributed by atoms with Gasteiger partial charge in [-0.05, 0) is 41.8 Å². The van der Waals surface area contributed by atoms with Crippen molar-refractivity contribution in [2.45, 2.75) is 6.92 Å². The van der Waals surface area contributed by atoms with Gasteiger partial charge in [0.25, 0.3) is 0 Å². The predicted molar refractivity (Wildman–Crippen MR) is 103 cm³/mol. The van der Waals surface area contributed by atoms with E-state index in [4.69, 9.17) is 0 Å². The van der Waals surface area contributed by atoms with Crippen LogP contribution in [-0.4, -0.2) is 9.97 Å². The summed E-state index contributed by atoms with van der Waals surface area (Å²) in [5, 5.41) is 0.